The number of nitrogens with zero attached hydrogens (tertiary/aromatic N) is 2. The molecule has 1 amide bonds. The minimum atomic E-state index is -1.13. The first-order valence-corrected chi connectivity index (χ1v) is 6.49. The predicted molar refractivity (Wildman–Crippen MR) is 76.6 cm³/mol. The van der Waals surface area contributed by atoms with Crippen molar-refractivity contribution in [3.8, 4) is 0 Å². The highest BCUT2D eigenvalue weighted by Gasteiger charge is 2.18. The minimum absolute atomic E-state index is 0.0439. The van der Waals surface area contributed by atoms with Gasteiger partial charge in [0.25, 0.3) is 5.91 Å². The number of hydrogen-bond donors (Lipinski definition) is 3. The van der Waals surface area contributed by atoms with Crippen molar-refractivity contribution < 1.29 is 14.7 Å². The molecule has 21 heavy (non-hydrogen) atoms. The van der Waals surface area contributed by atoms with Crippen molar-refractivity contribution >= 4 is 17.6 Å². The van der Waals surface area contributed by atoms with Gasteiger partial charge in [0.2, 0.25) is 0 Å². The maximum absolute atomic E-state index is 12.3. The molecule has 0 aromatic carbocycles. The largest absolute Gasteiger partial charge is 0.477 e. The topological polar surface area (TPSA) is 108 Å². The summed E-state index contributed by atoms with van der Waals surface area (Å²) in [6, 6.07) is 3.22. The van der Waals surface area contributed by atoms with E-state index in [9.17, 15) is 9.59 Å². The van der Waals surface area contributed by atoms with Crippen LogP contribution in [0.5, 0.6) is 0 Å². The number of nitrogens with one attached hydrogen (secondary N) is 2. The number of carbonyl (C=O) groups is 2. The highest BCUT2D eigenvalue weighted by Crippen LogP contribution is 2.19. The number of hydrogen-bond acceptors (Lipinski definition) is 4. The van der Waals surface area contributed by atoms with Gasteiger partial charge < -0.3 is 15.4 Å². The summed E-state index contributed by atoms with van der Waals surface area (Å²) in [7, 11) is 0. The lowest BCUT2D eigenvalue weighted by atomic mass is 10.1. The zero-order chi connectivity index (χ0) is 15.6. The van der Waals surface area contributed by atoms with Crippen LogP contribution < -0.4 is 5.32 Å². The van der Waals surface area contributed by atoms with Crippen molar-refractivity contribution in [1.82, 2.24) is 15.2 Å². The number of aromatic amines is 1. The number of rotatable bonds is 4. The first kappa shape index (κ1) is 14.7. The third kappa shape index (κ3) is 3.07. The van der Waals surface area contributed by atoms with E-state index < -0.39 is 11.9 Å². The Morgan fingerprint density at radius 3 is 2.62 bits per heavy atom. The van der Waals surface area contributed by atoms with E-state index in [0.29, 0.717) is 29.1 Å². The Bertz CT molecular complexity index is 706. The van der Waals surface area contributed by atoms with E-state index in [1.54, 1.807) is 26.0 Å². The molecule has 0 radical (unpaired) electrons. The van der Waals surface area contributed by atoms with Crippen LogP contribution in [-0.2, 0) is 6.42 Å². The van der Waals surface area contributed by atoms with E-state index in [-0.39, 0.29) is 11.4 Å². The van der Waals surface area contributed by atoms with Crippen LogP contribution in [0.25, 0.3) is 0 Å². The molecule has 0 aliphatic rings. The van der Waals surface area contributed by atoms with Crippen molar-refractivity contribution in [2.45, 2.75) is 27.2 Å². The van der Waals surface area contributed by atoms with Gasteiger partial charge in [0.1, 0.15) is 5.69 Å². The Labute approximate surface area is 121 Å². The van der Waals surface area contributed by atoms with Crippen LogP contribution in [0.3, 0.4) is 0 Å². The third-order valence-corrected chi connectivity index (χ3v) is 2.99. The van der Waals surface area contributed by atoms with Crippen molar-refractivity contribution in [2.24, 2.45) is 0 Å². The Kier molecular flexibility index (Phi) is 4.02. The molecule has 7 heteroatoms. The van der Waals surface area contributed by atoms with Gasteiger partial charge in [0.05, 0.1) is 22.6 Å². The maximum Gasteiger partial charge on any atom is 0.354 e. The summed E-state index contributed by atoms with van der Waals surface area (Å²) in [6.45, 7) is 5.34. The number of aromatic nitrogens is 3. The monoisotopic (exact) mass is 288 g/mol. The molecule has 2 rings (SSSR count). The zero-order valence-electron chi connectivity index (χ0n) is 12.0. The first-order chi connectivity index (χ1) is 9.92. The number of aromatic carboxylic acids is 1. The summed E-state index contributed by atoms with van der Waals surface area (Å²) in [5.74, 6) is -1.52. The molecule has 3 N–H and O–H groups in total. The number of amides is 1. The van der Waals surface area contributed by atoms with Crippen LogP contribution in [0.15, 0.2) is 12.1 Å². The molecule has 2 heterocycles. The maximum atomic E-state index is 12.3. The highest BCUT2D eigenvalue weighted by atomic mass is 16.4. The molecule has 0 aliphatic heterocycles. The Morgan fingerprint density at radius 2 is 2.00 bits per heavy atom. The van der Waals surface area contributed by atoms with Gasteiger partial charge in [-0.3, -0.25) is 4.79 Å². The number of carboxylic acids is 1. The Hall–Kier alpha value is -2.70. The summed E-state index contributed by atoms with van der Waals surface area (Å²) >= 11 is 0. The fourth-order valence-corrected chi connectivity index (χ4v) is 2.02. The molecule has 0 bridgehead atoms. The van der Waals surface area contributed by atoms with Crippen LogP contribution in [0.4, 0.5) is 5.69 Å². The number of carboxylic acid groups (broad SMARTS) is 1. The Balaban J connectivity index is 2.34. The molecule has 0 atom stereocenters. The lowest BCUT2D eigenvalue weighted by molar-refractivity contribution is 0.0692. The molecule has 110 valence electrons. The highest BCUT2D eigenvalue weighted by molar-refractivity contribution is 6.08. The molecule has 2 aromatic rings. The average molecular weight is 288 g/mol. The van der Waals surface area contributed by atoms with E-state index in [0.717, 1.165) is 0 Å². The first-order valence-electron chi connectivity index (χ1n) is 6.49. The van der Waals surface area contributed by atoms with Crippen LogP contribution in [0, 0.1) is 13.8 Å². The molecule has 2 aromatic heterocycles. The second-order valence-electron chi connectivity index (χ2n) is 4.70. The van der Waals surface area contributed by atoms with Gasteiger partial charge in [0, 0.05) is 5.69 Å². The molecule has 7 nitrogen and oxygen atoms in total. The molecular formula is C14H16N4O3. The molecule has 0 saturated heterocycles. The van der Waals surface area contributed by atoms with Crippen molar-refractivity contribution in [2.75, 3.05) is 5.32 Å². The fourth-order valence-electron chi connectivity index (χ4n) is 2.02. The van der Waals surface area contributed by atoms with Crippen LogP contribution in [0.2, 0.25) is 0 Å². The number of H-pyrrole nitrogens is 1. The SMILES string of the molecule is CCc1nnc(C)cc1C(=O)Nc1cc(C)[nH]c1C(=O)O. The lowest BCUT2D eigenvalue weighted by Gasteiger charge is -2.08. The fraction of sp³-hybridized carbons (Fsp3) is 0.286. The van der Waals surface area contributed by atoms with E-state index in [1.807, 2.05) is 6.92 Å². The second kappa shape index (κ2) is 5.74. The summed E-state index contributed by atoms with van der Waals surface area (Å²) in [4.78, 5) is 26.2. The van der Waals surface area contributed by atoms with E-state index in [1.165, 1.54) is 0 Å². The smallest absolute Gasteiger partial charge is 0.354 e. The van der Waals surface area contributed by atoms with Gasteiger partial charge in [-0.05, 0) is 32.4 Å². The summed E-state index contributed by atoms with van der Waals surface area (Å²) in [5.41, 5.74) is 2.45. The normalized spacial score (nSPS) is 10.4. The summed E-state index contributed by atoms with van der Waals surface area (Å²) in [6.07, 6.45) is 0.563. The summed E-state index contributed by atoms with van der Waals surface area (Å²) in [5, 5.41) is 19.6. The van der Waals surface area contributed by atoms with Crippen LogP contribution in [0.1, 0.15) is 44.9 Å². The predicted octanol–water partition coefficient (Wildman–Crippen LogP) is 1.93. The molecule has 0 saturated carbocycles. The van der Waals surface area contributed by atoms with Gasteiger partial charge in [0.15, 0.2) is 0 Å². The van der Waals surface area contributed by atoms with Gasteiger partial charge >= 0.3 is 5.97 Å². The van der Waals surface area contributed by atoms with Gasteiger partial charge in [-0.1, -0.05) is 6.92 Å². The summed E-state index contributed by atoms with van der Waals surface area (Å²) < 4.78 is 0. The van der Waals surface area contributed by atoms with Crippen LogP contribution >= 0.6 is 0 Å². The number of aryl methyl sites for hydroxylation is 3. The zero-order valence-corrected chi connectivity index (χ0v) is 12.0. The lowest BCUT2D eigenvalue weighted by Crippen LogP contribution is -2.17. The molecular weight excluding hydrogens is 272 g/mol. The number of carbonyl (C=O) groups excluding carboxylic acids is 1. The van der Waals surface area contributed by atoms with Crippen molar-refractivity contribution in [1.29, 1.82) is 0 Å². The van der Waals surface area contributed by atoms with Crippen LogP contribution in [-0.4, -0.2) is 32.2 Å². The molecule has 0 spiro atoms. The molecule has 0 unspecified atom stereocenters. The molecule has 0 fully saturated rings. The van der Waals surface area contributed by atoms with Gasteiger partial charge in [-0.15, -0.1) is 0 Å². The van der Waals surface area contributed by atoms with E-state index in [2.05, 4.69) is 20.5 Å². The van der Waals surface area contributed by atoms with Gasteiger partial charge in [-0.25, -0.2) is 4.79 Å². The third-order valence-electron chi connectivity index (χ3n) is 2.99. The quantitative estimate of drug-likeness (QED) is 0.796. The van der Waals surface area contributed by atoms with Crippen molar-refractivity contribution in [3.63, 3.8) is 0 Å². The van der Waals surface area contributed by atoms with E-state index in [4.69, 9.17) is 5.11 Å². The van der Waals surface area contributed by atoms with E-state index >= 15 is 0 Å². The standard InChI is InChI=1S/C14H16N4O3/c1-4-10-9(5-8(3)17-18-10)13(19)16-11-6-7(2)15-12(11)14(20)21/h5-6,15H,4H2,1-3H3,(H,16,19)(H,20,21). The molecule has 0 aliphatic carbocycles. The Morgan fingerprint density at radius 1 is 1.29 bits per heavy atom. The number of anilines is 1. The average Bonchev–Trinajstić information content (AvgIpc) is 2.79. The second-order valence-corrected chi connectivity index (χ2v) is 4.70. The minimum Gasteiger partial charge on any atom is -0.477 e. The van der Waals surface area contributed by atoms with Gasteiger partial charge in [-0.2, -0.15) is 10.2 Å². The van der Waals surface area contributed by atoms with Crippen molar-refractivity contribution in [3.05, 3.63) is 40.5 Å².